The van der Waals surface area contributed by atoms with Crippen molar-refractivity contribution in [2.45, 2.75) is 40.5 Å². The van der Waals surface area contributed by atoms with Crippen molar-refractivity contribution in [1.82, 2.24) is 0 Å². The third-order valence-corrected chi connectivity index (χ3v) is 1.94. The van der Waals surface area contributed by atoms with Gasteiger partial charge in [0.25, 0.3) is 0 Å². The molecular formula is C14H22O3. The fourth-order valence-electron chi connectivity index (χ4n) is 1.01. The molecule has 1 aromatic carbocycles. The number of aldehydes is 1. The Morgan fingerprint density at radius 1 is 1.12 bits per heavy atom. The van der Waals surface area contributed by atoms with Gasteiger partial charge < -0.3 is 5.11 Å². The Morgan fingerprint density at radius 2 is 1.53 bits per heavy atom. The number of carboxylic acids is 1. The van der Waals surface area contributed by atoms with Gasteiger partial charge in [-0.3, -0.25) is 9.59 Å². The van der Waals surface area contributed by atoms with E-state index in [0.29, 0.717) is 11.1 Å². The Balaban J connectivity index is 0. The van der Waals surface area contributed by atoms with E-state index in [4.69, 9.17) is 5.11 Å². The van der Waals surface area contributed by atoms with E-state index >= 15 is 0 Å². The highest BCUT2D eigenvalue weighted by Crippen LogP contribution is 2.15. The molecule has 0 spiro atoms. The topological polar surface area (TPSA) is 54.4 Å². The van der Waals surface area contributed by atoms with E-state index in [-0.39, 0.29) is 0 Å². The van der Waals surface area contributed by atoms with E-state index < -0.39 is 11.9 Å². The van der Waals surface area contributed by atoms with Crippen molar-refractivity contribution in [3.8, 4) is 0 Å². The van der Waals surface area contributed by atoms with Gasteiger partial charge in [0, 0.05) is 5.56 Å². The average Bonchev–Trinajstić information content (AvgIpc) is 2.42. The lowest BCUT2D eigenvalue weighted by Gasteiger charge is -2.05. The van der Waals surface area contributed by atoms with Crippen molar-refractivity contribution >= 4 is 12.3 Å². The smallest absolute Gasteiger partial charge is 0.310 e. The van der Waals surface area contributed by atoms with Gasteiger partial charge in [0.1, 0.15) is 6.29 Å². The summed E-state index contributed by atoms with van der Waals surface area (Å²) in [6.07, 6.45) is 0.731. The molecule has 0 aromatic heterocycles. The Bertz CT molecular complexity index is 315. The Morgan fingerprint density at radius 3 is 1.82 bits per heavy atom. The summed E-state index contributed by atoms with van der Waals surface area (Å²) < 4.78 is 0. The molecular weight excluding hydrogens is 216 g/mol. The summed E-state index contributed by atoms with van der Waals surface area (Å²) in [5, 5.41) is 8.69. The van der Waals surface area contributed by atoms with Gasteiger partial charge in [-0.2, -0.15) is 0 Å². The number of carbonyl (C=O) groups is 2. The molecule has 0 fully saturated rings. The molecule has 0 radical (unpaired) electrons. The van der Waals surface area contributed by atoms with Gasteiger partial charge in [0.05, 0.1) is 5.92 Å². The summed E-state index contributed by atoms with van der Waals surface area (Å²) in [5.74, 6) is -1.39. The Hall–Kier alpha value is -1.64. The zero-order valence-electron chi connectivity index (χ0n) is 11.2. The van der Waals surface area contributed by atoms with Crippen LogP contribution in [0.4, 0.5) is 0 Å². The average molecular weight is 238 g/mol. The lowest BCUT2D eigenvalue weighted by atomic mass is 10.0. The molecule has 3 nitrogen and oxygen atoms in total. The maximum absolute atomic E-state index is 10.6. The molecule has 0 aliphatic carbocycles. The predicted molar refractivity (Wildman–Crippen MR) is 70.6 cm³/mol. The molecule has 1 atom stereocenters. The molecule has 1 rings (SSSR count). The van der Waals surface area contributed by atoms with Crippen LogP contribution < -0.4 is 0 Å². The molecule has 0 amide bonds. The first-order chi connectivity index (χ1) is 8.15. The predicted octanol–water partition coefficient (Wildman–Crippen LogP) is 3.74. The van der Waals surface area contributed by atoms with Gasteiger partial charge >= 0.3 is 5.97 Å². The normalized spacial score (nSPS) is 9.94. The second-order valence-electron chi connectivity index (χ2n) is 2.84. The summed E-state index contributed by atoms with van der Waals surface area (Å²) in [5.41, 5.74) is 1.26. The largest absolute Gasteiger partial charge is 0.481 e. The molecule has 1 unspecified atom stereocenters. The molecule has 0 saturated carbocycles. The van der Waals surface area contributed by atoms with E-state index in [0.717, 1.165) is 6.29 Å². The van der Waals surface area contributed by atoms with Gasteiger partial charge in [0.15, 0.2) is 0 Å². The molecule has 0 bridgehead atoms. The van der Waals surface area contributed by atoms with E-state index in [2.05, 4.69) is 0 Å². The number of aliphatic carboxylic acids is 1. The summed E-state index contributed by atoms with van der Waals surface area (Å²) in [4.78, 5) is 20.9. The third-order valence-electron chi connectivity index (χ3n) is 1.94. The van der Waals surface area contributed by atoms with Gasteiger partial charge in [-0.05, 0) is 12.5 Å². The van der Waals surface area contributed by atoms with E-state index in [1.165, 1.54) is 0 Å². The van der Waals surface area contributed by atoms with Crippen molar-refractivity contribution in [3.05, 3.63) is 35.4 Å². The number of hydrogen-bond acceptors (Lipinski definition) is 2. The van der Waals surface area contributed by atoms with Crippen LogP contribution in [0.2, 0.25) is 0 Å². The van der Waals surface area contributed by atoms with Crippen LogP contribution in [0, 0.1) is 0 Å². The minimum atomic E-state index is -0.862. The van der Waals surface area contributed by atoms with Crippen LogP contribution in [0.15, 0.2) is 24.3 Å². The standard InChI is InChI=1S/C10H10O3.2C2H6/c1-7(10(12)13)9-4-2-8(6-11)3-5-9;2*1-2/h2-7H,1H3,(H,12,13);2*1-2H3. The molecule has 3 heteroatoms. The summed E-state index contributed by atoms with van der Waals surface area (Å²) >= 11 is 0. The third kappa shape index (κ3) is 6.51. The van der Waals surface area contributed by atoms with Crippen LogP contribution in [0.25, 0.3) is 0 Å². The van der Waals surface area contributed by atoms with Crippen LogP contribution in [0.1, 0.15) is 56.5 Å². The molecule has 0 aliphatic heterocycles. The number of benzene rings is 1. The van der Waals surface area contributed by atoms with E-state index in [1.807, 2.05) is 27.7 Å². The lowest BCUT2D eigenvalue weighted by Crippen LogP contribution is -2.07. The van der Waals surface area contributed by atoms with Crippen molar-refractivity contribution in [1.29, 1.82) is 0 Å². The molecule has 1 N–H and O–H groups in total. The highest BCUT2D eigenvalue weighted by molar-refractivity contribution is 5.77. The molecule has 0 aliphatic rings. The van der Waals surface area contributed by atoms with Gasteiger partial charge in [-0.15, -0.1) is 0 Å². The van der Waals surface area contributed by atoms with Crippen LogP contribution in [0.3, 0.4) is 0 Å². The fourth-order valence-corrected chi connectivity index (χ4v) is 1.01. The minimum Gasteiger partial charge on any atom is -0.481 e. The first-order valence-electron chi connectivity index (χ1n) is 5.93. The second-order valence-corrected chi connectivity index (χ2v) is 2.84. The monoisotopic (exact) mass is 238 g/mol. The number of carboxylic acid groups (broad SMARTS) is 1. The zero-order valence-corrected chi connectivity index (χ0v) is 11.2. The van der Waals surface area contributed by atoms with Gasteiger partial charge in [-0.1, -0.05) is 52.0 Å². The second kappa shape index (κ2) is 10.9. The van der Waals surface area contributed by atoms with Crippen LogP contribution in [-0.4, -0.2) is 17.4 Å². The Kier molecular flexibility index (Phi) is 11.3. The highest BCUT2D eigenvalue weighted by atomic mass is 16.4. The number of rotatable bonds is 3. The van der Waals surface area contributed by atoms with Crippen LogP contribution in [-0.2, 0) is 4.79 Å². The molecule has 0 saturated heterocycles. The van der Waals surface area contributed by atoms with Crippen molar-refractivity contribution < 1.29 is 14.7 Å². The van der Waals surface area contributed by atoms with Crippen LogP contribution in [0.5, 0.6) is 0 Å². The van der Waals surface area contributed by atoms with Crippen molar-refractivity contribution in [2.24, 2.45) is 0 Å². The number of carbonyl (C=O) groups excluding carboxylic acids is 1. The zero-order chi connectivity index (χ0) is 13.8. The molecule has 96 valence electrons. The summed E-state index contributed by atoms with van der Waals surface area (Å²) in [6.45, 7) is 9.61. The molecule has 17 heavy (non-hydrogen) atoms. The summed E-state index contributed by atoms with van der Waals surface area (Å²) in [6, 6.07) is 6.54. The van der Waals surface area contributed by atoms with Crippen LogP contribution >= 0.6 is 0 Å². The van der Waals surface area contributed by atoms with Gasteiger partial charge in [0.2, 0.25) is 0 Å². The SMILES string of the molecule is CC.CC.CC(C(=O)O)c1ccc(C=O)cc1. The maximum atomic E-state index is 10.6. The van der Waals surface area contributed by atoms with E-state index in [9.17, 15) is 9.59 Å². The Labute approximate surface area is 103 Å². The fraction of sp³-hybridized carbons (Fsp3) is 0.429. The quantitative estimate of drug-likeness (QED) is 0.816. The molecule has 1 aromatic rings. The lowest BCUT2D eigenvalue weighted by molar-refractivity contribution is -0.138. The summed E-state index contributed by atoms with van der Waals surface area (Å²) in [7, 11) is 0. The maximum Gasteiger partial charge on any atom is 0.310 e. The molecule has 0 heterocycles. The first kappa shape index (κ1) is 17.7. The number of hydrogen-bond donors (Lipinski definition) is 1. The van der Waals surface area contributed by atoms with E-state index in [1.54, 1.807) is 31.2 Å². The van der Waals surface area contributed by atoms with Crippen molar-refractivity contribution in [2.75, 3.05) is 0 Å². The first-order valence-corrected chi connectivity index (χ1v) is 5.93. The van der Waals surface area contributed by atoms with Crippen molar-refractivity contribution in [3.63, 3.8) is 0 Å². The minimum absolute atomic E-state index is 0.527. The highest BCUT2D eigenvalue weighted by Gasteiger charge is 2.12. The van der Waals surface area contributed by atoms with Gasteiger partial charge in [-0.25, -0.2) is 0 Å².